The van der Waals surface area contributed by atoms with Crippen molar-refractivity contribution >= 4 is 11.5 Å². The topological polar surface area (TPSA) is 10.4 Å². The van der Waals surface area contributed by atoms with Gasteiger partial charge in [-0.3, -0.25) is 0 Å². The molecule has 2 heterocycles. The zero-order valence-electron chi connectivity index (χ0n) is 17.3. The second-order valence-electron chi connectivity index (χ2n) is 7.63. The minimum absolute atomic E-state index is 0.207. The summed E-state index contributed by atoms with van der Waals surface area (Å²) in [6.45, 7) is 8.80. The van der Waals surface area contributed by atoms with Crippen molar-refractivity contribution in [2.24, 2.45) is 7.05 Å². The molecule has 0 aliphatic carbocycles. The molecule has 4 rings (SSSR count). The van der Waals surface area contributed by atoms with Crippen LogP contribution in [0.25, 0.3) is 11.3 Å². The Labute approximate surface area is 168 Å². The van der Waals surface area contributed by atoms with Gasteiger partial charge in [0.25, 0.3) is 5.82 Å². The Bertz CT molecular complexity index is 1030. The highest BCUT2D eigenvalue weighted by Crippen LogP contribution is 2.32. The Hall–Kier alpha value is -3.07. The first-order valence-corrected chi connectivity index (χ1v) is 9.85. The Kier molecular flexibility index (Phi) is 4.68. The molecule has 3 nitrogen and oxygen atoms in total. The van der Waals surface area contributed by atoms with Crippen LogP contribution < -0.4 is 14.4 Å². The molecular formula is C25H28N3+. The van der Waals surface area contributed by atoms with Crippen LogP contribution in [0.2, 0.25) is 0 Å². The minimum Gasteiger partial charge on any atom is -0.305 e. The molecule has 142 valence electrons. The Morgan fingerprint density at radius 1 is 0.714 bits per heavy atom. The molecule has 0 spiro atoms. The van der Waals surface area contributed by atoms with Gasteiger partial charge in [-0.2, -0.15) is 0 Å². The summed E-state index contributed by atoms with van der Waals surface area (Å²) in [7, 11) is 2.15. The SMILES string of the molecule is Cc1ccccc1-c1cccc(N2C=CN(c3c(C)cccc3C)[C@@H]2C)[n+]1C. The van der Waals surface area contributed by atoms with Crippen molar-refractivity contribution in [3.05, 3.63) is 89.8 Å². The smallest absolute Gasteiger partial charge is 0.283 e. The lowest BCUT2D eigenvalue weighted by atomic mass is 10.0. The summed E-state index contributed by atoms with van der Waals surface area (Å²) in [5, 5.41) is 0. The second kappa shape index (κ2) is 7.16. The number of aromatic nitrogens is 1. The Balaban J connectivity index is 1.73. The first kappa shape index (κ1) is 18.3. The quantitative estimate of drug-likeness (QED) is 0.583. The maximum atomic E-state index is 2.37. The van der Waals surface area contributed by atoms with Gasteiger partial charge in [-0.05, 0) is 56.5 Å². The normalized spacial score (nSPS) is 16.1. The van der Waals surface area contributed by atoms with Crippen molar-refractivity contribution < 1.29 is 4.57 Å². The van der Waals surface area contributed by atoms with Crippen LogP contribution >= 0.6 is 0 Å². The lowest BCUT2D eigenvalue weighted by molar-refractivity contribution is -0.647. The largest absolute Gasteiger partial charge is 0.305 e. The second-order valence-corrected chi connectivity index (χ2v) is 7.63. The molecule has 0 saturated heterocycles. The maximum Gasteiger partial charge on any atom is 0.283 e. The number of anilines is 2. The van der Waals surface area contributed by atoms with E-state index in [9.17, 15) is 0 Å². The summed E-state index contributed by atoms with van der Waals surface area (Å²) >= 11 is 0. The lowest BCUT2D eigenvalue weighted by Gasteiger charge is -2.27. The molecule has 0 fully saturated rings. The van der Waals surface area contributed by atoms with Crippen molar-refractivity contribution in [3.8, 4) is 11.3 Å². The van der Waals surface area contributed by atoms with E-state index in [0.29, 0.717) is 0 Å². The summed E-state index contributed by atoms with van der Waals surface area (Å²) in [6.07, 6.45) is 4.59. The monoisotopic (exact) mass is 370 g/mol. The predicted molar refractivity (Wildman–Crippen MR) is 117 cm³/mol. The molecule has 1 aliphatic heterocycles. The van der Waals surface area contributed by atoms with Crippen LogP contribution in [0.5, 0.6) is 0 Å². The third-order valence-electron chi connectivity index (χ3n) is 5.78. The van der Waals surface area contributed by atoms with Crippen molar-refractivity contribution in [1.29, 1.82) is 0 Å². The summed E-state index contributed by atoms with van der Waals surface area (Å²) in [5.41, 5.74) is 7.69. The molecule has 0 bridgehead atoms. The lowest BCUT2D eigenvalue weighted by Crippen LogP contribution is -2.44. The van der Waals surface area contributed by atoms with Crippen LogP contribution in [-0.2, 0) is 7.05 Å². The van der Waals surface area contributed by atoms with Gasteiger partial charge in [-0.25, -0.2) is 9.47 Å². The fourth-order valence-electron chi connectivity index (χ4n) is 4.23. The molecule has 28 heavy (non-hydrogen) atoms. The molecule has 0 amide bonds. The van der Waals surface area contributed by atoms with Gasteiger partial charge in [-0.1, -0.05) is 42.5 Å². The molecule has 2 aromatic carbocycles. The van der Waals surface area contributed by atoms with Gasteiger partial charge in [0, 0.05) is 17.8 Å². The van der Waals surface area contributed by atoms with Gasteiger partial charge < -0.3 is 4.90 Å². The highest BCUT2D eigenvalue weighted by molar-refractivity contribution is 5.66. The van der Waals surface area contributed by atoms with Crippen LogP contribution in [0.3, 0.4) is 0 Å². The number of para-hydroxylation sites is 1. The van der Waals surface area contributed by atoms with E-state index in [2.05, 4.69) is 122 Å². The first-order valence-electron chi connectivity index (χ1n) is 9.85. The Morgan fingerprint density at radius 2 is 1.32 bits per heavy atom. The minimum atomic E-state index is 0.207. The van der Waals surface area contributed by atoms with Gasteiger partial charge in [0.1, 0.15) is 11.9 Å². The molecule has 0 N–H and O–H groups in total. The molecule has 1 aromatic heterocycles. The van der Waals surface area contributed by atoms with Crippen molar-refractivity contribution in [2.45, 2.75) is 33.9 Å². The Morgan fingerprint density at radius 3 is 2.04 bits per heavy atom. The molecule has 0 unspecified atom stereocenters. The van der Waals surface area contributed by atoms with Gasteiger partial charge in [0.2, 0.25) is 0 Å². The van der Waals surface area contributed by atoms with Crippen molar-refractivity contribution in [1.82, 2.24) is 0 Å². The van der Waals surface area contributed by atoms with E-state index in [0.717, 1.165) is 0 Å². The number of hydrogen-bond acceptors (Lipinski definition) is 2. The predicted octanol–water partition coefficient (Wildman–Crippen LogP) is 5.25. The number of rotatable bonds is 3. The highest BCUT2D eigenvalue weighted by atomic mass is 15.4. The van der Waals surface area contributed by atoms with Crippen molar-refractivity contribution in [3.63, 3.8) is 0 Å². The van der Waals surface area contributed by atoms with Crippen molar-refractivity contribution in [2.75, 3.05) is 9.80 Å². The standard InChI is InChI=1S/C25H28N3/c1-18-10-6-7-13-22(18)23-14-9-15-24(26(23)5)27-16-17-28(21(27)4)25-19(2)11-8-12-20(25)3/h6-17,21H,1-5H3/q+1/t21-/m1/s1. The average molecular weight is 371 g/mol. The number of aryl methyl sites for hydroxylation is 3. The zero-order chi connectivity index (χ0) is 19.8. The van der Waals surface area contributed by atoms with E-state index < -0.39 is 0 Å². The summed E-state index contributed by atoms with van der Waals surface area (Å²) in [6, 6.07) is 21.6. The summed E-state index contributed by atoms with van der Waals surface area (Å²) in [5.74, 6) is 1.18. The number of pyridine rings is 1. The van der Waals surface area contributed by atoms with Gasteiger partial charge in [-0.15, -0.1) is 0 Å². The van der Waals surface area contributed by atoms with E-state index in [1.807, 2.05) is 0 Å². The van der Waals surface area contributed by atoms with Crippen LogP contribution in [-0.4, -0.2) is 6.17 Å². The maximum absolute atomic E-state index is 2.37. The van der Waals surface area contributed by atoms with Crippen LogP contribution in [0, 0.1) is 20.8 Å². The zero-order valence-corrected chi connectivity index (χ0v) is 17.3. The highest BCUT2D eigenvalue weighted by Gasteiger charge is 2.33. The molecule has 1 atom stereocenters. The van der Waals surface area contributed by atoms with E-state index in [4.69, 9.17) is 0 Å². The summed E-state index contributed by atoms with van der Waals surface area (Å²) in [4.78, 5) is 4.71. The van der Waals surface area contributed by atoms with Gasteiger partial charge >= 0.3 is 0 Å². The first-order chi connectivity index (χ1) is 13.5. The van der Waals surface area contributed by atoms with Gasteiger partial charge in [0.15, 0.2) is 6.17 Å². The molecule has 1 aliphatic rings. The third-order valence-corrected chi connectivity index (χ3v) is 5.78. The molecular weight excluding hydrogens is 342 g/mol. The number of nitrogens with zero attached hydrogens (tertiary/aromatic N) is 3. The van der Waals surface area contributed by atoms with Gasteiger partial charge in [0.05, 0.1) is 12.7 Å². The van der Waals surface area contributed by atoms with Crippen LogP contribution in [0.4, 0.5) is 11.5 Å². The molecule has 0 saturated carbocycles. The number of benzene rings is 2. The average Bonchev–Trinajstić information content (AvgIpc) is 3.04. The van der Waals surface area contributed by atoms with E-state index >= 15 is 0 Å². The molecule has 3 heteroatoms. The molecule has 0 radical (unpaired) electrons. The van der Waals surface area contributed by atoms with E-state index in [-0.39, 0.29) is 6.17 Å². The fourth-order valence-corrected chi connectivity index (χ4v) is 4.23. The van der Waals surface area contributed by atoms with E-state index in [1.54, 1.807) is 0 Å². The summed E-state index contributed by atoms with van der Waals surface area (Å²) < 4.78 is 2.29. The van der Waals surface area contributed by atoms with Crippen LogP contribution in [0.15, 0.2) is 73.1 Å². The fraction of sp³-hybridized carbons (Fsp3) is 0.240. The number of hydrogen-bond donors (Lipinski definition) is 0. The third kappa shape index (κ3) is 2.97. The van der Waals surface area contributed by atoms with Crippen LogP contribution in [0.1, 0.15) is 23.6 Å². The van der Waals surface area contributed by atoms with E-state index in [1.165, 1.54) is 39.5 Å². The molecule has 3 aromatic rings.